The number of hydrogen-bond donors (Lipinski definition) is 2. The summed E-state index contributed by atoms with van der Waals surface area (Å²) in [6.07, 6.45) is 7.89. The third kappa shape index (κ3) is 3.41. The first-order valence-electron chi connectivity index (χ1n) is 6.88. The molecule has 1 saturated carbocycles. The van der Waals surface area contributed by atoms with E-state index in [2.05, 4.69) is 17.0 Å². The van der Waals surface area contributed by atoms with Gasteiger partial charge in [-0.15, -0.1) is 6.58 Å². The fraction of sp³-hybridized carbons (Fsp3) is 0.571. The molecule has 2 N–H and O–H groups in total. The van der Waals surface area contributed by atoms with E-state index in [9.17, 15) is 9.90 Å². The number of halogens is 1. The fourth-order valence-electron chi connectivity index (χ4n) is 2.49. The Hall–Kier alpha value is -1.33. The molecule has 1 aliphatic carbocycles. The van der Waals surface area contributed by atoms with Crippen LogP contribution in [0.2, 0.25) is 5.02 Å². The molecular weight excluding hydrogens is 278 g/mol. The van der Waals surface area contributed by atoms with Gasteiger partial charge in [0, 0.05) is 6.54 Å². The summed E-state index contributed by atoms with van der Waals surface area (Å²) < 4.78 is 1.25. The molecule has 2 rings (SSSR count). The summed E-state index contributed by atoms with van der Waals surface area (Å²) in [4.78, 5) is 11.9. The summed E-state index contributed by atoms with van der Waals surface area (Å²) in [5, 5.41) is 17.6. The highest BCUT2D eigenvalue weighted by Crippen LogP contribution is 2.28. The molecule has 6 heteroatoms. The van der Waals surface area contributed by atoms with E-state index in [1.54, 1.807) is 6.08 Å². The molecule has 0 amide bonds. The lowest BCUT2D eigenvalue weighted by atomic mass is 9.85. The first-order valence-corrected chi connectivity index (χ1v) is 7.26. The molecule has 0 unspecified atom stereocenters. The standard InChI is InChI=1S/C14H20ClN3O2/c1-2-8-18-13(19)12(15)11(9-17-18)16-10-14(20)6-4-3-5-7-14/h2,9,16,20H,1,3-8,10H2. The van der Waals surface area contributed by atoms with E-state index in [4.69, 9.17) is 11.6 Å². The highest BCUT2D eigenvalue weighted by atomic mass is 35.5. The van der Waals surface area contributed by atoms with Gasteiger partial charge in [-0.05, 0) is 12.8 Å². The number of aliphatic hydroxyl groups is 1. The van der Waals surface area contributed by atoms with Crippen LogP contribution in [0.5, 0.6) is 0 Å². The van der Waals surface area contributed by atoms with Crippen LogP contribution in [0.15, 0.2) is 23.6 Å². The molecule has 1 aromatic heterocycles. The number of aromatic nitrogens is 2. The van der Waals surface area contributed by atoms with E-state index in [0.717, 1.165) is 25.7 Å². The molecule has 5 nitrogen and oxygen atoms in total. The predicted molar refractivity (Wildman–Crippen MR) is 80.2 cm³/mol. The maximum atomic E-state index is 11.9. The van der Waals surface area contributed by atoms with Crippen molar-refractivity contribution in [3.63, 3.8) is 0 Å². The van der Waals surface area contributed by atoms with Gasteiger partial charge in [-0.1, -0.05) is 36.9 Å². The minimum atomic E-state index is -0.711. The van der Waals surface area contributed by atoms with Crippen LogP contribution in [0.1, 0.15) is 32.1 Å². The summed E-state index contributed by atoms with van der Waals surface area (Å²) >= 11 is 6.05. The number of nitrogens with zero attached hydrogens (tertiary/aromatic N) is 2. The summed E-state index contributed by atoms with van der Waals surface area (Å²) in [6.45, 7) is 4.27. The number of allylic oxidation sites excluding steroid dienone is 1. The van der Waals surface area contributed by atoms with Gasteiger partial charge < -0.3 is 10.4 Å². The van der Waals surface area contributed by atoms with Crippen LogP contribution in [0, 0.1) is 0 Å². The van der Waals surface area contributed by atoms with Gasteiger partial charge in [0.1, 0.15) is 5.02 Å². The summed E-state index contributed by atoms with van der Waals surface area (Å²) in [5.41, 5.74) is -0.597. The van der Waals surface area contributed by atoms with E-state index in [1.165, 1.54) is 17.3 Å². The summed E-state index contributed by atoms with van der Waals surface area (Å²) in [6, 6.07) is 0. The van der Waals surface area contributed by atoms with Crippen LogP contribution in [-0.4, -0.2) is 27.0 Å². The molecule has 0 saturated heterocycles. The van der Waals surface area contributed by atoms with Gasteiger partial charge in [0.15, 0.2) is 0 Å². The van der Waals surface area contributed by atoms with Gasteiger partial charge in [0.2, 0.25) is 0 Å². The molecule has 0 atom stereocenters. The smallest absolute Gasteiger partial charge is 0.287 e. The van der Waals surface area contributed by atoms with Crippen LogP contribution in [0.4, 0.5) is 5.69 Å². The van der Waals surface area contributed by atoms with Gasteiger partial charge in [-0.3, -0.25) is 4.79 Å². The second-order valence-electron chi connectivity index (χ2n) is 5.29. The van der Waals surface area contributed by atoms with Crippen molar-refractivity contribution in [3.8, 4) is 0 Å². The second-order valence-corrected chi connectivity index (χ2v) is 5.66. The Morgan fingerprint density at radius 1 is 1.50 bits per heavy atom. The van der Waals surface area contributed by atoms with Crippen molar-refractivity contribution in [3.05, 3.63) is 34.2 Å². The Balaban J connectivity index is 2.08. The van der Waals surface area contributed by atoms with E-state index in [0.29, 0.717) is 18.8 Å². The van der Waals surface area contributed by atoms with E-state index in [1.807, 2.05) is 0 Å². The van der Waals surface area contributed by atoms with E-state index in [-0.39, 0.29) is 10.6 Å². The molecule has 0 bridgehead atoms. The average molecular weight is 298 g/mol. The molecule has 0 aliphatic heterocycles. The second kappa shape index (κ2) is 6.41. The molecule has 1 heterocycles. The Bertz CT molecular complexity index is 536. The molecule has 1 fully saturated rings. The largest absolute Gasteiger partial charge is 0.388 e. The molecule has 110 valence electrons. The van der Waals surface area contributed by atoms with Gasteiger partial charge in [0.25, 0.3) is 5.56 Å². The zero-order valence-corrected chi connectivity index (χ0v) is 12.2. The molecule has 0 radical (unpaired) electrons. The topological polar surface area (TPSA) is 67.2 Å². The van der Waals surface area contributed by atoms with Gasteiger partial charge in [-0.25, -0.2) is 4.68 Å². The molecule has 0 aromatic carbocycles. The van der Waals surface area contributed by atoms with Crippen LogP contribution in [0.25, 0.3) is 0 Å². The number of rotatable bonds is 5. The van der Waals surface area contributed by atoms with E-state index >= 15 is 0 Å². The molecule has 20 heavy (non-hydrogen) atoms. The van der Waals surface area contributed by atoms with Crippen LogP contribution >= 0.6 is 11.6 Å². The normalized spacial score (nSPS) is 17.7. The highest BCUT2D eigenvalue weighted by Gasteiger charge is 2.29. The maximum Gasteiger partial charge on any atom is 0.287 e. The van der Waals surface area contributed by atoms with Crippen molar-refractivity contribution in [1.29, 1.82) is 0 Å². The number of anilines is 1. The lowest BCUT2D eigenvalue weighted by molar-refractivity contribution is 0.0167. The Kier molecular flexibility index (Phi) is 4.83. The highest BCUT2D eigenvalue weighted by molar-refractivity contribution is 6.32. The quantitative estimate of drug-likeness (QED) is 0.818. The molecule has 1 aliphatic rings. The van der Waals surface area contributed by atoms with Crippen LogP contribution in [-0.2, 0) is 6.54 Å². The first kappa shape index (κ1) is 15.1. The summed E-state index contributed by atoms with van der Waals surface area (Å²) in [7, 11) is 0. The summed E-state index contributed by atoms with van der Waals surface area (Å²) in [5.74, 6) is 0. The van der Waals surface area contributed by atoms with Crippen LogP contribution < -0.4 is 10.9 Å². The maximum absolute atomic E-state index is 11.9. The predicted octanol–water partition coefficient (Wildman–Crippen LogP) is 2.19. The number of hydrogen-bond acceptors (Lipinski definition) is 4. The number of nitrogens with one attached hydrogen (secondary N) is 1. The third-order valence-corrected chi connectivity index (χ3v) is 4.04. The zero-order valence-electron chi connectivity index (χ0n) is 11.4. The molecule has 1 aromatic rings. The fourth-order valence-corrected chi connectivity index (χ4v) is 2.70. The lowest BCUT2D eigenvalue weighted by Crippen LogP contribution is -2.39. The first-order chi connectivity index (χ1) is 9.56. The van der Waals surface area contributed by atoms with Crippen molar-refractivity contribution in [1.82, 2.24) is 9.78 Å². The van der Waals surface area contributed by atoms with Crippen molar-refractivity contribution in [2.75, 3.05) is 11.9 Å². The van der Waals surface area contributed by atoms with Crippen molar-refractivity contribution < 1.29 is 5.11 Å². The van der Waals surface area contributed by atoms with Crippen LogP contribution in [0.3, 0.4) is 0 Å². The van der Waals surface area contributed by atoms with Gasteiger partial charge in [0.05, 0.1) is 24.0 Å². The van der Waals surface area contributed by atoms with Crippen molar-refractivity contribution >= 4 is 17.3 Å². The van der Waals surface area contributed by atoms with Crippen molar-refractivity contribution in [2.45, 2.75) is 44.2 Å². The minimum Gasteiger partial charge on any atom is -0.388 e. The van der Waals surface area contributed by atoms with E-state index < -0.39 is 5.60 Å². The zero-order chi connectivity index (χ0) is 14.6. The van der Waals surface area contributed by atoms with Gasteiger partial charge in [-0.2, -0.15) is 5.10 Å². The Morgan fingerprint density at radius 2 is 2.20 bits per heavy atom. The third-order valence-electron chi connectivity index (χ3n) is 3.68. The minimum absolute atomic E-state index is 0.0984. The Morgan fingerprint density at radius 3 is 2.85 bits per heavy atom. The monoisotopic (exact) mass is 297 g/mol. The van der Waals surface area contributed by atoms with Crippen molar-refractivity contribution in [2.24, 2.45) is 0 Å². The van der Waals surface area contributed by atoms with Gasteiger partial charge >= 0.3 is 0 Å². The molecular formula is C14H20ClN3O2. The average Bonchev–Trinajstić information content (AvgIpc) is 2.44. The Labute approximate surface area is 123 Å². The SMILES string of the molecule is C=CCn1ncc(NCC2(O)CCCCC2)c(Cl)c1=O. The lowest BCUT2D eigenvalue weighted by Gasteiger charge is -2.32. The molecule has 0 spiro atoms.